The lowest BCUT2D eigenvalue weighted by Crippen LogP contribution is -2.08. The maximum absolute atomic E-state index is 7.56. The van der Waals surface area contributed by atoms with Gasteiger partial charge >= 0.3 is 0 Å². The zero-order chi connectivity index (χ0) is 10.4. The van der Waals surface area contributed by atoms with E-state index in [0.29, 0.717) is 10.2 Å². The van der Waals surface area contributed by atoms with E-state index in [4.69, 9.17) is 10.1 Å². The van der Waals surface area contributed by atoms with Gasteiger partial charge in [-0.3, -0.25) is 5.41 Å². The molecule has 14 heavy (non-hydrogen) atoms. The minimum Gasteiger partial charge on any atom is -0.438 e. The van der Waals surface area contributed by atoms with Crippen LogP contribution < -0.4 is 10.1 Å². The van der Waals surface area contributed by atoms with Crippen LogP contribution in [0, 0.1) is 5.41 Å². The normalized spacial score (nSPS) is 10.9. The number of para-hydroxylation sites is 1. The van der Waals surface area contributed by atoms with Gasteiger partial charge in [-0.25, -0.2) is 0 Å². The van der Waals surface area contributed by atoms with Crippen LogP contribution in [0.2, 0.25) is 0 Å². The number of nitrogens with one attached hydrogen (secondary N) is 2. The van der Waals surface area contributed by atoms with Gasteiger partial charge < -0.3 is 10.1 Å². The van der Waals surface area contributed by atoms with E-state index in [1.807, 2.05) is 18.2 Å². The van der Waals surface area contributed by atoms with E-state index in [0.717, 1.165) is 0 Å². The van der Waals surface area contributed by atoms with Crippen LogP contribution in [0.5, 0.6) is 5.75 Å². The lowest BCUT2D eigenvalue weighted by molar-refractivity contribution is 0.549. The van der Waals surface area contributed by atoms with Crippen LogP contribution >= 0.6 is 15.9 Å². The van der Waals surface area contributed by atoms with Crippen molar-refractivity contribution in [3.63, 3.8) is 0 Å². The molecular weight excluding hydrogens is 244 g/mol. The number of hydrogen-bond acceptors (Lipinski definition) is 3. The smallest absolute Gasteiger partial charge is 0.227 e. The van der Waals surface area contributed by atoms with Crippen LogP contribution in [-0.2, 0) is 0 Å². The summed E-state index contributed by atoms with van der Waals surface area (Å²) in [5.74, 6) is 0.726. The van der Waals surface area contributed by atoms with Crippen LogP contribution in [0.3, 0.4) is 0 Å². The molecular formula is C10H11BrN2O. The van der Waals surface area contributed by atoms with Gasteiger partial charge in [-0.2, -0.15) is 0 Å². The second-order valence-corrected chi connectivity index (χ2v) is 3.38. The third-order valence-corrected chi connectivity index (χ3v) is 2.04. The van der Waals surface area contributed by atoms with Gasteiger partial charge in [0.2, 0.25) is 5.90 Å². The average molecular weight is 255 g/mol. The Labute approximate surface area is 91.4 Å². The zero-order valence-electron chi connectivity index (χ0n) is 7.75. The molecule has 4 heteroatoms. The van der Waals surface area contributed by atoms with E-state index in [-0.39, 0.29) is 5.90 Å². The van der Waals surface area contributed by atoms with Gasteiger partial charge in [-0.05, 0) is 28.1 Å². The molecule has 2 N–H and O–H groups in total. The number of halogens is 1. The molecule has 0 atom stereocenters. The summed E-state index contributed by atoms with van der Waals surface area (Å²) >= 11 is 3.21. The summed E-state index contributed by atoms with van der Waals surface area (Å²) in [6.45, 7) is 0. The van der Waals surface area contributed by atoms with Crippen LogP contribution in [0.1, 0.15) is 0 Å². The molecule has 1 aromatic rings. The third-order valence-electron chi connectivity index (χ3n) is 1.45. The molecule has 0 amide bonds. The predicted octanol–water partition coefficient (Wildman–Crippen LogP) is 2.50. The van der Waals surface area contributed by atoms with Gasteiger partial charge in [0.15, 0.2) is 0 Å². The molecule has 0 fully saturated rings. The highest BCUT2D eigenvalue weighted by atomic mass is 79.9. The summed E-state index contributed by atoms with van der Waals surface area (Å²) in [6, 6.07) is 9.22. The predicted molar refractivity (Wildman–Crippen MR) is 60.9 cm³/mol. The van der Waals surface area contributed by atoms with Crippen molar-refractivity contribution in [2.45, 2.75) is 0 Å². The van der Waals surface area contributed by atoms with Crippen molar-refractivity contribution in [3.05, 3.63) is 41.0 Å². The molecule has 0 unspecified atom stereocenters. The lowest BCUT2D eigenvalue weighted by atomic mass is 10.3. The second kappa shape index (κ2) is 5.44. The first-order valence-corrected chi connectivity index (χ1v) is 4.88. The molecule has 74 valence electrons. The maximum atomic E-state index is 7.56. The quantitative estimate of drug-likeness (QED) is 0.643. The summed E-state index contributed by atoms with van der Waals surface area (Å²) in [6.07, 6.45) is 1.64. The number of hydrogen-bond donors (Lipinski definition) is 2. The fourth-order valence-corrected chi connectivity index (χ4v) is 1.16. The standard InChI is InChI=1S/C10H11BrN2O/c1-13-7-9(11)10(12)14-8-5-3-2-4-6-8/h2-7,12-13H,1H3/b9-7+,12-10?. The molecule has 1 rings (SSSR count). The minimum atomic E-state index is 0.0746. The van der Waals surface area contributed by atoms with Crippen LogP contribution in [0.4, 0.5) is 0 Å². The first-order valence-electron chi connectivity index (χ1n) is 4.09. The van der Waals surface area contributed by atoms with E-state index < -0.39 is 0 Å². The fraction of sp³-hybridized carbons (Fsp3) is 0.100. The highest BCUT2D eigenvalue weighted by molar-refractivity contribution is 9.12. The fourth-order valence-electron chi connectivity index (χ4n) is 0.847. The van der Waals surface area contributed by atoms with Gasteiger partial charge in [0.25, 0.3) is 0 Å². The molecule has 0 aliphatic carbocycles. The Morgan fingerprint density at radius 1 is 1.43 bits per heavy atom. The van der Waals surface area contributed by atoms with Gasteiger partial charge in [0.05, 0.1) is 4.48 Å². The molecule has 1 aromatic carbocycles. The van der Waals surface area contributed by atoms with Crippen LogP contribution in [-0.4, -0.2) is 12.9 Å². The van der Waals surface area contributed by atoms with E-state index in [1.165, 1.54) is 0 Å². The third kappa shape index (κ3) is 3.22. The Hall–Kier alpha value is -1.29. The molecule has 0 aromatic heterocycles. The summed E-state index contributed by atoms with van der Waals surface area (Å²) in [5, 5.41) is 10.4. The van der Waals surface area contributed by atoms with Crippen LogP contribution in [0.15, 0.2) is 41.0 Å². The van der Waals surface area contributed by atoms with E-state index >= 15 is 0 Å². The molecule has 0 radical (unpaired) electrons. The zero-order valence-corrected chi connectivity index (χ0v) is 9.34. The summed E-state index contributed by atoms with van der Waals surface area (Å²) < 4.78 is 5.83. The molecule has 0 aliphatic heterocycles. The Kier molecular flexibility index (Phi) is 4.19. The first kappa shape index (κ1) is 10.8. The monoisotopic (exact) mass is 254 g/mol. The van der Waals surface area contributed by atoms with E-state index in [2.05, 4.69) is 21.2 Å². The Bertz CT molecular complexity index is 335. The van der Waals surface area contributed by atoms with Crippen LogP contribution in [0.25, 0.3) is 0 Å². The van der Waals surface area contributed by atoms with Gasteiger partial charge in [0, 0.05) is 13.2 Å². The van der Waals surface area contributed by atoms with Crippen molar-refractivity contribution in [1.29, 1.82) is 5.41 Å². The van der Waals surface area contributed by atoms with E-state index in [9.17, 15) is 0 Å². The van der Waals surface area contributed by atoms with Crippen molar-refractivity contribution in [3.8, 4) is 5.75 Å². The Balaban J connectivity index is 2.62. The highest BCUT2D eigenvalue weighted by Gasteiger charge is 2.03. The average Bonchev–Trinajstić information content (AvgIpc) is 2.19. The Morgan fingerprint density at radius 3 is 2.64 bits per heavy atom. The second-order valence-electron chi connectivity index (χ2n) is 2.53. The van der Waals surface area contributed by atoms with Crippen molar-refractivity contribution in [1.82, 2.24) is 5.32 Å². The molecule has 0 saturated carbocycles. The van der Waals surface area contributed by atoms with Crippen molar-refractivity contribution >= 4 is 21.8 Å². The minimum absolute atomic E-state index is 0.0746. The molecule has 0 bridgehead atoms. The molecule has 0 spiro atoms. The number of benzene rings is 1. The first-order chi connectivity index (χ1) is 6.74. The topological polar surface area (TPSA) is 45.1 Å². The molecule has 0 aliphatic rings. The largest absolute Gasteiger partial charge is 0.438 e. The van der Waals surface area contributed by atoms with Gasteiger partial charge in [-0.1, -0.05) is 18.2 Å². The van der Waals surface area contributed by atoms with Crippen molar-refractivity contribution in [2.24, 2.45) is 0 Å². The Morgan fingerprint density at radius 2 is 2.07 bits per heavy atom. The molecule has 0 heterocycles. The van der Waals surface area contributed by atoms with Crippen molar-refractivity contribution in [2.75, 3.05) is 7.05 Å². The maximum Gasteiger partial charge on any atom is 0.227 e. The lowest BCUT2D eigenvalue weighted by Gasteiger charge is -2.05. The summed E-state index contributed by atoms with van der Waals surface area (Å²) in [4.78, 5) is 0. The SMILES string of the molecule is CN/C=C(/Br)C(=N)Oc1ccccc1. The van der Waals surface area contributed by atoms with Gasteiger partial charge in [0.1, 0.15) is 5.75 Å². The molecule has 0 saturated heterocycles. The van der Waals surface area contributed by atoms with E-state index in [1.54, 1.807) is 25.4 Å². The molecule has 3 nitrogen and oxygen atoms in total. The summed E-state index contributed by atoms with van der Waals surface area (Å²) in [5.41, 5.74) is 0. The highest BCUT2D eigenvalue weighted by Crippen LogP contribution is 2.13. The number of rotatable bonds is 3. The van der Waals surface area contributed by atoms with Crippen molar-refractivity contribution < 1.29 is 4.74 Å². The number of ether oxygens (including phenoxy) is 1. The summed E-state index contributed by atoms with van der Waals surface area (Å²) in [7, 11) is 1.76. The van der Waals surface area contributed by atoms with Gasteiger partial charge in [-0.15, -0.1) is 0 Å².